The van der Waals surface area contributed by atoms with E-state index in [0.29, 0.717) is 10.6 Å². The third-order valence-electron chi connectivity index (χ3n) is 3.11. The maximum atomic E-state index is 11.1. The molecule has 2 atom stereocenters. The Hall–Kier alpha value is -0.557. The quantitative estimate of drug-likeness (QED) is 0.565. The van der Waals surface area contributed by atoms with E-state index in [9.17, 15) is 18.9 Å². The summed E-state index contributed by atoms with van der Waals surface area (Å²) in [7, 11) is -6.61. The van der Waals surface area contributed by atoms with Gasteiger partial charge in [-0.25, -0.2) is 0 Å². The van der Waals surface area contributed by atoms with Crippen molar-refractivity contribution in [1.29, 1.82) is 0 Å². The molecule has 0 aliphatic heterocycles. The molecule has 2 aromatic rings. The fourth-order valence-electron chi connectivity index (χ4n) is 2.04. The Morgan fingerprint density at radius 2 is 0.957 bits per heavy atom. The molecule has 7 heteroatoms. The molecule has 0 aromatic heterocycles. The van der Waals surface area contributed by atoms with Crippen LogP contribution in [-0.4, -0.2) is 13.3 Å². The van der Waals surface area contributed by atoms with E-state index >= 15 is 0 Å². The molecule has 120 valence electrons. The molecule has 2 unspecified atom stereocenters. The standard InChI is InChI=1S/2C8H11O2P.Zn/c2*1-7-5-3-4-6-8(7)11(2,9)10;/h2*3-6H,1-2H3,(H,9,10);/q;;+2/p-2. The monoisotopic (exact) mass is 402 g/mol. The number of benzene rings is 2. The minimum atomic E-state index is -3.31. The van der Waals surface area contributed by atoms with Crippen molar-refractivity contribution in [2.75, 3.05) is 13.3 Å². The summed E-state index contributed by atoms with van der Waals surface area (Å²) in [4.78, 5) is 22.2. The summed E-state index contributed by atoms with van der Waals surface area (Å²) in [5.74, 6) is 0. The zero-order valence-electron chi connectivity index (χ0n) is 13.9. The molecule has 0 bridgehead atoms. The third kappa shape index (κ3) is 7.25. The van der Waals surface area contributed by atoms with Gasteiger partial charge in [-0.15, -0.1) is 0 Å². The van der Waals surface area contributed by atoms with Gasteiger partial charge in [0.1, 0.15) is 0 Å². The summed E-state index contributed by atoms with van der Waals surface area (Å²) in [5.41, 5.74) is 1.63. The zero-order valence-corrected chi connectivity index (χ0v) is 18.6. The topological polar surface area (TPSA) is 80.3 Å². The van der Waals surface area contributed by atoms with Crippen LogP contribution in [0.4, 0.5) is 0 Å². The van der Waals surface area contributed by atoms with Crippen molar-refractivity contribution in [2.24, 2.45) is 0 Å². The van der Waals surface area contributed by atoms with Gasteiger partial charge in [0.15, 0.2) is 0 Å². The first kappa shape index (κ1) is 22.4. The molecule has 0 spiro atoms. The van der Waals surface area contributed by atoms with E-state index in [1.165, 1.54) is 13.3 Å². The summed E-state index contributed by atoms with van der Waals surface area (Å²) in [6.07, 6.45) is 0. The minimum absolute atomic E-state index is 0. The molecule has 0 N–H and O–H groups in total. The average molecular weight is 404 g/mol. The van der Waals surface area contributed by atoms with E-state index < -0.39 is 14.7 Å². The van der Waals surface area contributed by atoms with E-state index in [0.717, 1.165) is 11.1 Å². The van der Waals surface area contributed by atoms with Crippen molar-refractivity contribution in [2.45, 2.75) is 13.8 Å². The molecule has 0 aliphatic rings. The average Bonchev–Trinajstić information content (AvgIpc) is 2.37. The molecule has 2 aromatic carbocycles. The van der Waals surface area contributed by atoms with Crippen LogP contribution in [0.3, 0.4) is 0 Å². The fraction of sp³-hybridized carbons (Fsp3) is 0.250. The Labute approximate surface area is 150 Å². The molecule has 4 nitrogen and oxygen atoms in total. The molecule has 0 saturated heterocycles. The Balaban J connectivity index is 0.000000403. The van der Waals surface area contributed by atoms with Crippen LogP contribution in [0.25, 0.3) is 0 Å². The molecule has 2 rings (SSSR count). The van der Waals surface area contributed by atoms with Crippen LogP contribution in [0, 0.1) is 13.8 Å². The van der Waals surface area contributed by atoms with Crippen LogP contribution in [0.15, 0.2) is 48.5 Å². The van der Waals surface area contributed by atoms with Crippen LogP contribution >= 0.6 is 14.7 Å². The molecule has 0 amide bonds. The van der Waals surface area contributed by atoms with Gasteiger partial charge in [0.05, 0.1) is 0 Å². The van der Waals surface area contributed by atoms with E-state index in [1.807, 2.05) is 12.1 Å². The third-order valence-corrected chi connectivity index (χ3v) is 5.86. The van der Waals surface area contributed by atoms with Crippen LogP contribution in [-0.2, 0) is 28.6 Å². The first-order valence-corrected chi connectivity index (χ1v) is 10.9. The van der Waals surface area contributed by atoms with Crippen molar-refractivity contribution < 1.29 is 38.4 Å². The normalized spacial score (nSPS) is 15.2. The van der Waals surface area contributed by atoms with Crippen molar-refractivity contribution in [1.82, 2.24) is 0 Å². The number of aryl methyl sites for hydroxylation is 2. The summed E-state index contributed by atoms with van der Waals surface area (Å²) in [6, 6.07) is 14.0. The first-order chi connectivity index (χ1) is 10.0. The van der Waals surface area contributed by atoms with E-state index in [2.05, 4.69) is 0 Å². The van der Waals surface area contributed by atoms with Gasteiger partial charge in [-0.2, -0.15) is 0 Å². The molecule has 0 fully saturated rings. The molecular weight excluding hydrogens is 384 g/mol. The van der Waals surface area contributed by atoms with Crippen molar-refractivity contribution in [3.63, 3.8) is 0 Å². The molecule has 0 saturated carbocycles. The maximum Gasteiger partial charge on any atom is 2.00 e. The second-order valence-electron chi connectivity index (χ2n) is 5.26. The smallest absolute Gasteiger partial charge is 0.796 e. The molecular formula is C16H20O4P2Zn. The molecule has 0 radical (unpaired) electrons. The largest absolute Gasteiger partial charge is 2.00 e. The predicted molar refractivity (Wildman–Crippen MR) is 88.7 cm³/mol. The molecule has 23 heavy (non-hydrogen) atoms. The number of hydrogen-bond donors (Lipinski definition) is 0. The Kier molecular flexibility index (Phi) is 8.85. The van der Waals surface area contributed by atoms with Crippen LogP contribution in [0.1, 0.15) is 11.1 Å². The van der Waals surface area contributed by atoms with Crippen LogP contribution < -0.4 is 20.4 Å². The zero-order chi connectivity index (χ0) is 17.0. The van der Waals surface area contributed by atoms with Crippen molar-refractivity contribution >= 4 is 25.3 Å². The van der Waals surface area contributed by atoms with Gasteiger partial charge in [0.2, 0.25) is 0 Å². The van der Waals surface area contributed by atoms with E-state index in [-0.39, 0.29) is 19.5 Å². The first-order valence-electron chi connectivity index (χ1n) is 6.73. The van der Waals surface area contributed by atoms with Gasteiger partial charge in [0, 0.05) is 25.3 Å². The van der Waals surface area contributed by atoms with Crippen molar-refractivity contribution in [3.05, 3.63) is 59.7 Å². The second kappa shape index (κ2) is 9.06. The summed E-state index contributed by atoms with van der Waals surface area (Å²) in [5, 5.41) is 0.889. The second-order valence-corrected chi connectivity index (χ2v) is 9.61. The van der Waals surface area contributed by atoms with Gasteiger partial charge in [-0.05, 0) is 38.3 Å². The van der Waals surface area contributed by atoms with Gasteiger partial charge in [-0.3, -0.25) is 0 Å². The van der Waals surface area contributed by atoms with Gasteiger partial charge in [-0.1, -0.05) is 48.5 Å². The SMILES string of the molecule is Cc1ccccc1P(C)(=O)[O-].Cc1ccccc1P(C)(=O)[O-].[Zn+2]. The van der Waals surface area contributed by atoms with Crippen LogP contribution in [0.2, 0.25) is 0 Å². The predicted octanol–water partition coefficient (Wildman–Crippen LogP) is 1.77. The summed E-state index contributed by atoms with van der Waals surface area (Å²) < 4.78 is 22.2. The number of rotatable bonds is 2. The van der Waals surface area contributed by atoms with Gasteiger partial charge in [0.25, 0.3) is 0 Å². The van der Waals surface area contributed by atoms with E-state index in [4.69, 9.17) is 0 Å². The summed E-state index contributed by atoms with van der Waals surface area (Å²) in [6.45, 7) is 6.08. The van der Waals surface area contributed by atoms with E-state index in [1.54, 1.807) is 50.2 Å². The maximum absolute atomic E-state index is 11.1. The number of hydrogen-bond acceptors (Lipinski definition) is 4. The van der Waals surface area contributed by atoms with Gasteiger partial charge >= 0.3 is 19.5 Å². The Morgan fingerprint density at radius 1 is 0.696 bits per heavy atom. The Morgan fingerprint density at radius 3 is 1.13 bits per heavy atom. The summed E-state index contributed by atoms with van der Waals surface area (Å²) >= 11 is 0. The van der Waals surface area contributed by atoms with Crippen molar-refractivity contribution in [3.8, 4) is 0 Å². The van der Waals surface area contributed by atoms with Gasteiger partial charge < -0.3 is 18.9 Å². The Bertz CT molecular complexity index is 671. The molecule has 0 aliphatic carbocycles. The minimum Gasteiger partial charge on any atom is -0.796 e. The van der Waals surface area contributed by atoms with Crippen LogP contribution in [0.5, 0.6) is 0 Å². The molecule has 0 heterocycles. The fourth-order valence-corrected chi connectivity index (χ4v) is 4.18.